The minimum atomic E-state index is -0.518. The van der Waals surface area contributed by atoms with Crippen LogP contribution in [0.4, 0.5) is 0 Å². The summed E-state index contributed by atoms with van der Waals surface area (Å²) in [7, 11) is 0. The maximum Gasteiger partial charge on any atom is 0.332 e. The van der Waals surface area contributed by atoms with Gasteiger partial charge in [0.15, 0.2) is 5.76 Å². The first-order valence-corrected chi connectivity index (χ1v) is 7.99. The van der Waals surface area contributed by atoms with Crippen LogP contribution in [-0.4, -0.2) is 18.5 Å². The Hall–Kier alpha value is -2.73. The molecule has 7 heteroatoms. The molecule has 2 rings (SSSR count). The highest BCUT2D eigenvalue weighted by Gasteiger charge is 2.12. The lowest BCUT2D eigenvalue weighted by atomic mass is 10.3. The predicted molar refractivity (Wildman–Crippen MR) is 92.3 cm³/mol. The van der Waals surface area contributed by atoms with E-state index in [-0.39, 0.29) is 19.0 Å². The number of hydrogen-bond donors (Lipinski definition) is 1. The summed E-state index contributed by atoms with van der Waals surface area (Å²) < 4.78 is 15.8. The molecule has 1 heterocycles. The molecule has 0 aliphatic carbocycles. The Morgan fingerprint density at radius 1 is 1.28 bits per heavy atom. The molecule has 1 aromatic heterocycles. The van der Waals surface area contributed by atoms with E-state index in [0.29, 0.717) is 22.2 Å². The van der Waals surface area contributed by atoms with Gasteiger partial charge < -0.3 is 19.2 Å². The van der Waals surface area contributed by atoms with Gasteiger partial charge in [-0.15, -0.1) is 0 Å². The molecule has 0 aliphatic heterocycles. The lowest BCUT2D eigenvalue weighted by Crippen LogP contribution is -2.21. The van der Waals surface area contributed by atoms with Gasteiger partial charge in [0.2, 0.25) is 0 Å². The molecule has 0 radical (unpaired) electrons. The van der Waals surface area contributed by atoms with Crippen molar-refractivity contribution in [3.05, 3.63) is 64.7 Å². The van der Waals surface area contributed by atoms with Crippen LogP contribution in [0.1, 0.15) is 30.2 Å². The summed E-state index contributed by atoms with van der Waals surface area (Å²) in [6.45, 7) is 3.71. The van der Waals surface area contributed by atoms with Gasteiger partial charge >= 0.3 is 5.97 Å². The van der Waals surface area contributed by atoms with Gasteiger partial charge in [0.1, 0.15) is 18.1 Å². The lowest BCUT2D eigenvalue weighted by Gasteiger charge is -2.05. The molecule has 1 N–H and O–H groups in total. The maximum absolute atomic E-state index is 12.1. The highest BCUT2D eigenvalue weighted by atomic mass is 35.5. The molecule has 0 saturated heterocycles. The summed E-state index contributed by atoms with van der Waals surface area (Å²) in [5.74, 6) is 0.212. The second-order valence-corrected chi connectivity index (χ2v) is 5.48. The number of allylic oxidation sites excluding steroid dienone is 1. The Balaban J connectivity index is 1.91. The summed E-state index contributed by atoms with van der Waals surface area (Å²) in [4.78, 5) is 23.4. The third-order valence-electron chi connectivity index (χ3n) is 2.99. The number of halogens is 1. The van der Waals surface area contributed by atoms with E-state index in [4.69, 9.17) is 25.5 Å². The molecular formula is C18H18ClNO5. The number of hydrogen-bond acceptors (Lipinski definition) is 5. The fourth-order valence-electron chi connectivity index (χ4n) is 1.93. The monoisotopic (exact) mass is 363 g/mol. The van der Waals surface area contributed by atoms with E-state index in [1.807, 2.05) is 0 Å². The average Bonchev–Trinajstić information content (AvgIpc) is 3.02. The van der Waals surface area contributed by atoms with Crippen molar-refractivity contribution in [1.29, 1.82) is 0 Å². The molecule has 6 nitrogen and oxygen atoms in total. The largest absolute Gasteiger partial charge is 0.486 e. The Morgan fingerprint density at radius 3 is 2.80 bits per heavy atom. The highest BCUT2D eigenvalue weighted by Crippen LogP contribution is 2.19. The van der Waals surface area contributed by atoms with E-state index in [1.165, 1.54) is 12.1 Å². The highest BCUT2D eigenvalue weighted by molar-refractivity contribution is 6.30. The fraction of sp³-hybridized carbons (Fsp3) is 0.222. The predicted octanol–water partition coefficient (Wildman–Crippen LogP) is 3.71. The van der Waals surface area contributed by atoms with Crippen LogP contribution in [0.25, 0.3) is 0 Å². The smallest absolute Gasteiger partial charge is 0.332 e. The average molecular weight is 364 g/mol. The molecule has 0 fully saturated rings. The number of benzene rings is 1. The molecule has 132 valence electrons. The van der Waals surface area contributed by atoms with Crippen molar-refractivity contribution in [3.8, 4) is 5.75 Å². The molecule has 2 aromatic rings. The molecule has 0 saturated carbocycles. The number of carbonyl (C=O) groups is 2. The SMILES string of the molecule is CCOC(=O)/C=C(\C)NC(=O)c1ccc(COc2cccc(Cl)c2)o1. The first-order chi connectivity index (χ1) is 12.0. The number of nitrogens with one attached hydrogen (secondary N) is 1. The molecule has 0 unspecified atom stereocenters. The summed E-state index contributed by atoms with van der Waals surface area (Å²) >= 11 is 5.88. The third-order valence-corrected chi connectivity index (χ3v) is 3.23. The zero-order valence-corrected chi connectivity index (χ0v) is 14.6. The quantitative estimate of drug-likeness (QED) is 0.599. The fourth-order valence-corrected chi connectivity index (χ4v) is 2.11. The standard InChI is InChI=1S/C18H18ClNO5/c1-3-23-17(21)9-12(2)20-18(22)16-8-7-15(25-16)11-24-14-6-4-5-13(19)10-14/h4-10H,3,11H2,1-2H3,(H,20,22)/b12-9+. The van der Waals surface area contributed by atoms with E-state index < -0.39 is 11.9 Å². The second-order valence-electron chi connectivity index (χ2n) is 5.05. The van der Waals surface area contributed by atoms with Gasteiger partial charge in [-0.3, -0.25) is 4.79 Å². The molecule has 0 atom stereocenters. The Morgan fingerprint density at radius 2 is 2.08 bits per heavy atom. The zero-order chi connectivity index (χ0) is 18.2. The van der Waals surface area contributed by atoms with E-state index in [1.54, 1.807) is 44.2 Å². The minimum Gasteiger partial charge on any atom is -0.486 e. The van der Waals surface area contributed by atoms with Gasteiger partial charge in [0, 0.05) is 16.8 Å². The van der Waals surface area contributed by atoms with Crippen LogP contribution in [0.2, 0.25) is 5.02 Å². The van der Waals surface area contributed by atoms with Crippen LogP contribution in [0.3, 0.4) is 0 Å². The molecule has 1 amide bonds. The van der Waals surface area contributed by atoms with E-state index >= 15 is 0 Å². The van der Waals surface area contributed by atoms with E-state index in [2.05, 4.69) is 5.32 Å². The Bertz CT molecular complexity index is 781. The van der Waals surface area contributed by atoms with Crippen molar-refractivity contribution in [2.24, 2.45) is 0 Å². The van der Waals surface area contributed by atoms with Crippen molar-refractivity contribution in [2.75, 3.05) is 6.61 Å². The van der Waals surface area contributed by atoms with E-state index in [0.717, 1.165) is 0 Å². The van der Waals surface area contributed by atoms with Crippen molar-refractivity contribution < 1.29 is 23.5 Å². The summed E-state index contributed by atoms with van der Waals surface area (Å²) in [6.07, 6.45) is 1.20. The summed E-state index contributed by atoms with van der Waals surface area (Å²) in [6, 6.07) is 10.1. The van der Waals surface area contributed by atoms with Gasteiger partial charge in [-0.2, -0.15) is 0 Å². The van der Waals surface area contributed by atoms with Gasteiger partial charge in [-0.1, -0.05) is 17.7 Å². The molecule has 0 spiro atoms. The Labute approximate surface area is 150 Å². The number of furan rings is 1. The van der Waals surface area contributed by atoms with Crippen LogP contribution in [0, 0.1) is 0 Å². The summed E-state index contributed by atoms with van der Waals surface area (Å²) in [5.41, 5.74) is 0.358. The van der Waals surface area contributed by atoms with Crippen LogP contribution in [0.15, 0.2) is 52.6 Å². The normalized spacial score (nSPS) is 11.1. The number of ether oxygens (including phenoxy) is 2. The molecule has 25 heavy (non-hydrogen) atoms. The van der Waals surface area contributed by atoms with Crippen molar-refractivity contribution in [1.82, 2.24) is 5.32 Å². The van der Waals surface area contributed by atoms with Crippen LogP contribution in [0.5, 0.6) is 5.75 Å². The first kappa shape index (κ1) is 18.6. The number of esters is 1. The third kappa shape index (κ3) is 6.00. The molecule has 0 aliphatic rings. The van der Waals surface area contributed by atoms with Crippen molar-refractivity contribution in [2.45, 2.75) is 20.5 Å². The van der Waals surface area contributed by atoms with Crippen LogP contribution < -0.4 is 10.1 Å². The van der Waals surface area contributed by atoms with E-state index in [9.17, 15) is 9.59 Å². The van der Waals surface area contributed by atoms with Gasteiger partial charge in [0.25, 0.3) is 5.91 Å². The maximum atomic E-state index is 12.1. The van der Waals surface area contributed by atoms with Crippen molar-refractivity contribution >= 4 is 23.5 Å². The number of rotatable bonds is 7. The topological polar surface area (TPSA) is 77.8 Å². The summed E-state index contributed by atoms with van der Waals surface area (Å²) in [5, 5.41) is 3.12. The minimum absolute atomic E-state index is 0.112. The molecule has 0 bridgehead atoms. The lowest BCUT2D eigenvalue weighted by molar-refractivity contribution is -0.137. The number of amides is 1. The second kappa shape index (κ2) is 8.94. The first-order valence-electron chi connectivity index (χ1n) is 7.61. The Kier molecular flexibility index (Phi) is 6.65. The zero-order valence-electron chi connectivity index (χ0n) is 13.9. The van der Waals surface area contributed by atoms with Crippen molar-refractivity contribution in [3.63, 3.8) is 0 Å². The molecular weight excluding hydrogens is 346 g/mol. The molecule has 1 aromatic carbocycles. The number of carbonyl (C=O) groups excluding carboxylic acids is 2. The van der Waals surface area contributed by atoms with Crippen LogP contribution >= 0.6 is 11.6 Å². The van der Waals surface area contributed by atoms with Crippen LogP contribution in [-0.2, 0) is 16.1 Å². The van der Waals surface area contributed by atoms with Gasteiger partial charge in [-0.25, -0.2) is 4.79 Å². The van der Waals surface area contributed by atoms with Gasteiger partial charge in [0.05, 0.1) is 6.61 Å². The van der Waals surface area contributed by atoms with Gasteiger partial charge in [-0.05, 0) is 44.2 Å².